The summed E-state index contributed by atoms with van der Waals surface area (Å²) in [6, 6.07) is 16.3. The highest BCUT2D eigenvalue weighted by molar-refractivity contribution is 5.65. The highest BCUT2D eigenvalue weighted by Crippen LogP contribution is 2.32. The lowest BCUT2D eigenvalue weighted by Crippen LogP contribution is -2.37. The minimum Gasteiger partial charge on any atom is -0.505 e. The van der Waals surface area contributed by atoms with E-state index in [4.69, 9.17) is 0 Å². The Morgan fingerprint density at radius 3 is 2.60 bits per heavy atom. The zero-order chi connectivity index (χ0) is 17.2. The van der Waals surface area contributed by atoms with Crippen LogP contribution < -0.4 is 9.80 Å². The number of benzene rings is 2. The van der Waals surface area contributed by atoms with Gasteiger partial charge in [-0.15, -0.1) is 0 Å². The third kappa shape index (κ3) is 3.15. The van der Waals surface area contributed by atoms with Gasteiger partial charge in [0.1, 0.15) is 5.82 Å². The van der Waals surface area contributed by atoms with Gasteiger partial charge in [-0.2, -0.15) is 5.10 Å². The zero-order valence-electron chi connectivity index (χ0n) is 13.7. The number of halogens is 1. The van der Waals surface area contributed by atoms with E-state index >= 15 is 0 Å². The number of aromatic hydroxyl groups is 1. The number of aromatic nitrogens is 2. The molecular weight excluding hydrogens is 319 g/mol. The quantitative estimate of drug-likeness (QED) is 0.743. The molecule has 25 heavy (non-hydrogen) atoms. The molecular formula is C19H19FN4O. The van der Waals surface area contributed by atoms with Crippen molar-refractivity contribution in [2.75, 3.05) is 22.9 Å². The summed E-state index contributed by atoms with van der Waals surface area (Å²) in [6.45, 7) is 2.61. The highest BCUT2D eigenvalue weighted by atomic mass is 19.1. The van der Waals surface area contributed by atoms with Gasteiger partial charge >= 0.3 is 0 Å². The number of nitrogens with zero attached hydrogens (tertiary/aromatic N) is 3. The van der Waals surface area contributed by atoms with E-state index in [0.29, 0.717) is 12.2 Å². The van der Waals surface area contributed by atoms with Gasteiger partial charge in [-0.05, 0) is 24.1 Å². The molecule has 0 atom stereocenters. The molecule has 0 amide bonds. The zero-order valence-corrected chi connectivity index (χ0v) is 13.7. The summed E-state index contributed by atoms with van der Waals surface area (Å²) in [5.74, 6) is 0.717. The molecule has 0 aliphatic carbocycles. The normalized spacial score (nSPS) is 13.6. The van der Waals surface area contributed by atoms with E-state index in [1.807, 2.05) is 41.3 Å². The van der Waals surface area contributed by atoms with E-state index in [9.17, 15) is 9.50 Å². The molecule has 2 aromatic carbocycles. The lowest BCUT2D eigenvalue weighted by Gasteiger charge is -2.30. The van der Waals surface area contributed by atoms with Crippen molar-refractivity contribution in [3.63, 3.8) is 0 Å². The standard InChI is InChI=1S/C19H19FN4O/c20-16-8-7-15(11-17(16)25)24(13-14-5-2-1-3-6-14)19-12-18(21-22-19)23-9-4-10-23/h1-3,5-8,11-12,25H,4,9-10,13H2,(H,21,22). The van der Waals surface area contributed by atoms with Crippen LogP contribution in [-0.2, 0) is 6.54 Å². The molecule has 1 aliphatic rings. The number of phenolic OH excluding ortho intramolecular Hbond substituents is 1. The Kier molecular flexibility index (Phi) is 4.01. The molecule has 0 spiro atoms. The van der Waals surface area contributed by atoms with Crippen LogP contribution in [0, 0.1) is 5.82 Å². The molecule has 0 unspecified atom stereocenters. The topological polar surface area (TPSA) is 55.4 Å². The van der Waals surface area contributed by atoms with Gasteiger partial charge in [-0.3, -0.25) is 5.10 Å². The molecule has 3 aromatic rings. The van der Waals surface area contributed by atoms with Crippen LogP contribution in [0.15, 0.2) is 54.6 Å². The van der Waals surface area contributed by atoms with Gasteiger partial charge in [0, 0.05) is 37.5 Å². The molecule has 2 N–H and O–H groups in total. The molecule has 0 radical (unpaired) electrons. The number of hydrogen-bond donors (Lipinski definition) is 2. The fraction of sp³-hybridized carbons (Fsp3) is 0.211. The van der Waals surface area contributed by atoms with Crippen LogP contribution in [0.2, 0.25) is 0 Å². The van der Waals surface area contributed by atoms with E-state index in [1.54, 1.807) is 6.07 Å². The molecule has 0 saturated carbocycles. The second-order valence-corrected chi connectivity index (χ2v) is 6.16. The monoisotopic (exact) mass is 338 g/mol. The van der Waals surface area contributed by atoms with Crippen molar-refractivity contribution < 1.29 is 9.50 Å². The lowest BCUT2D eigenvalue weighted by molar-refractivity contribution is 0.432. The molecule has 1 aliphatic heterocycles. The number of rotatable bonds is 5. The average Bonchev–Trinajstić information content (AvgIpc) is 3.04. The van der Waals surface area contributed by atoms with Gasteiger partial charge in [-0.25, -0.2) is 4.39 Å². The number of hydrogen-bond acceptors (Lipinski definition) is 4. The first-order valence-corrected chi connectivity index (χ1v) is 8.31. The van der Waals surface area contributed by atoms with Gasteiger partial charge in [0.05, 0.1) is 0 Å². The van der Waals surface area contributed by atoms with Crippen LogP contribution in [0.3, 0.4) is 0 Å². The minimum atomic E-state index is -0.630. The van der Waals surface area contributed by atoms with Gasteiger partial charge in [0.25, 0.3) is 0 Å². The number of H-pyrrole nitrogens is 1. The molecule has 4 rings (SSSR count). The lowest BCUT2D eigenvalue weighted by atomic mass is 10.2. The maximum absolute atomic E-state index is 13.5. The van der Waals surface area contributed by atoms with E-state index in [2.05, 4.69) is 15.1 Å². The van der Waals surface area contributed by atoms with E-state index in [0.717, 1.165) is 30.3 Å². The summed E-state index contributed by atoms with van der Waals surface area (Å²) in [7, 11) is 0. The predicted molar refractivity (Wildman–Crippen MR) is 95.8 cm³/mol. The van der Waals surface area contributed by atoms with Crippen molar-refractivity contribution in [1.82, 2.24) is 10.2 Å². The van der Waals surface area contributed by atoms with Crippen molar-refractivity contribution in [2.24, 2.45) is 0 Å². The smallest absolute Gasteiger partial charge is 0.164 e. The van der Waals surface area contributed by atoms with Gasteiger partial charge in [0.15, 0.2) is 17.4 Å². The van der Waals surface area contributed by atoms with Crippen LogP contribution in [0.4, 0.5) is 21.7 Å². The Bertz CT molecular complexity index is 861. The predicted octanol–water partition coefficient (Wildman–Crippen LogP) is 3.80. The molecule has 6 heteroatoms. The first kappa shape index (κ1) is 15.5. The van der Waals surface area contributed by atoms with Gasteiger partial charge in [0.2, 0.25) is 0 Å². The molecule has 1 aromatic heterocycles. The van der Waals surface area contributed by atoms with Crippen LogP contribution in [0.25, 0.3) is 0 Å². The molecule has 1 fully saturated rings. The second kappa shape index (κ2) is 6.47. The SMILES string of the molecule is Oc1cc(N(Cc2ccccc2)c2cc(N3CCC3)n[nH]2)ccc1F. The molecule has 5 nitrogen and oxygen atoms in total. The van der Waals surface area contributed by atoms with E-state index in [-0.39, 0.29) is 5.75 Å². The number of nitrogens with one attached hydrogen (secondary N) is 1. The molecule has 128 valence electrons. The highest BCUT2D eigenvalue weighted by Gasteiger charge is 2.20. The molecule has 1 saturated heterocycles. The van der Waals surface area contributed by atoms with Gasteiger partial charge < -0.3 is 14.9 Å². The number of aromatic amines is 1. The number of anilines is 3. The van der Waals surface area contributed by atoms with Crippen molar-refractivity contribution in [3.8, 4) is 5.75 Å². The van der Waals surface area contributed by atoms with Gasteiger partial charge in [-0.1, -0.05) is 30.3 Å². The first-order chi connectivity index (χ1) is 12.2. The van der Waals surface area contributed by atoms with E-state index < -0.39 is 5.82 Å². The largest absolute Gasteiger partial charge is 0.505 e. The van der Waals surface area contributed by atoms with Crippen molar-refractivity contribution in [2.45, 2.75) is 13.0 Å². The Morgan fingerprint density at radius 2 is 1.92 bits per heavy atom. The second-order valence-electron chi connectivity index (χ2n) is 6.16. The Labute approximate surface area is 145 Å². The molecule has 0 bridgehead atoms. The van der Waals surface area contributed by atoms with Crippen molar-refractivity contribution in [3.05, 3.63) is 66.0 Å². The third-order valence-electron chi connectivity index (χ3n) is 4.45. The van der Waals surface area contributed by atoms with Crippen LogP contribution in [-0.4, -0.2) is 28.4 Å². The van der Waals surface area contributed by atoms with Crippen LogP contribution >= 0.6 is 0 Å². The summed E-state index contributed by atoms with van der Waals surface area (Å²) in [6.07, 6.45) is 1.18. The maximum Gasteiger partial charge on any atom is 0.164 e. The Hall–Kier alpha value is -3.02. The van der Waals surface area contributed by atoms with Crippen molar-refractivity contribution in [1.29, 1.82) is 0 Å². The summed E-state index contributed by atoms with van der Waals surface area (Å²) in [5, 5.41) is 17.2. The third-order valence-corrected chi connectivity index (χ3v) is 4.45. The fourth-order valence-electron chi connectivity index (χ4n) is 2.90. The maximum atomic E-state index is 13.5. The fourth-order valence-corrected chi connectivity index (χ4v) is 2.90. The number of phenols is 1. The van der Waals surface area contributed by atoms with E-state index in [1.165, 1.54) is 18.6 Å². The molecule has 2 heterocycles. The Balaban J connectivity index is 1.69. The minimum absolute atomic E-state index is 0.363. The van der Waals surface area contributed by atoms with Crippen molar-refractivity contribution >= 4 is 17.3 Å². The average molecular weight is 338 g/mol. The van der Waals surface area contributed by atoms with Crippen LogP contribution in [0.5, 0.6) is 5.75 Å². The summed E-state index contributed by atoms with van der Waals surface area (Å²) in [5.41, 5.74) is 1.80. The summed E-state index contributed by atoms with van der Waals surface area (Å²) in [4.78, 5) is 4.17. The van der Waals surface area contributed by atoms with Crippen LogP contribution in [0.1, 0.15) is 12.0 Å². The first-order valence-electron chi connectivity index (χ1n) is 8.31. The Morgan fingerprint density at radius 1 is 1.12 bits per heavy atom. The summed E-state index contributed by atoms with van der Waals surface area (Å²) >= 11 is 0. The summed E-state index contributed by atoms with van der Waals surface area (Å²) < 4.78 is 13.5.